The largest absolute Gasteiger partial charge is 1.00 e. The first-order chi connectivity index (χ1) is 8.89. The Kier molecular flexibility index (Phi) is 13.3. The van der Waals surface area contributed by atoms with Crippen LogP contribution < -0.4 is 123 Å². The number of anilines is 1. The number of carbonyl (C=O) groups excluding carboxylic acids is 2. The Morgan fingerprint density at radius 3 is 2.19 bits per heavy atom. The van der Waals surface area contributed by atoms with Crippen LogP contribution in [-0.2, 0) is 4.79 Å². The van der Waals surface area contributed by atoms with Crippen LogP contribution in [0.15, 0.2) is 30.3 Å². The van der Waals surface area contributed by atoms with Crippen LogP contribution in [-0.4, -0.2) is 30.3 Å². The number of hydrogen-bond donors (Lipinski definition) is 2. The van der Waals surface area contributed by atoms with Crippen molar-refractivity contribution in [1.82, 2.24) is 5.43 Å². The third kappa shape index (κ3) is 7.88. The monoisotopic (exact) mass is 344 g/mol. The fourth-order valence-corrected chi connectivity index (χ4v) is 1.60. The Balaban J connectivity index is 0. The molecule has 1 aromatic carbocycles. The van der Waals surface area contributed by atoms with E-state index >= 15 is 0 Å². The van der Waals surface area contributed by atoms with Crippen LogP contribution in [0.5, 0.6) is 0 Å². The summed E-state index contributed by atoms with van der Waals surface area (Å²) in [5.74, 6) is -0.131. The molecule has 0 bridgehead atoms. The second kappa shape index (κ2) is 11.5. The quantitative estimate of drug-likeness (QED) is 0.515. The van der Waals surface area contributed by atoms with Gasteiger partial charge in [0, 0.05) is 0 Å². The van der Waals surface area contributed by atoms with Crippen molar-refractivity contribution in [3.63, 3.8) is 0 Å². The van der Waals surface area contributed by atoms with Crippen molar-refractivity contribution in [2.75, 3.05) is 18.2 Å². The molecule has 9 heteroatoms. The van der Waals surface area contributed by atoms with E-state index in [1.54, 1.807) is 11.9 Å². The summed E-state index contributed by atoms with van der Waals surface area (Å²) in [7, 11) is 0. The van der Waals surface area contributed by atoms with Gasteiger partial charge in [-0.3, -0.25) is 15.2 Å². The molecule has 1 fully saturated rings. The Hall–Kier alpha value is 0.993. The third-order valence-electron chi connectivity index (χ3n) is 2.71. The minimum Gasteiger partial charge on any atom is -0.652 e. The van der Waals surface area contributed by atoms with Gasteiger partial charge in [-0.05, 0) is 25.2 Å². The number of aliphatic hydroxyl groups excluding tert-OH is 1. The summed E-state index contributed by atoms with van der Waals surface area (Å²) in [6, 6.07) is 9.59. The Morgan fingerprint density at radius 1 is 1.33 bits per heavy atom. The molecular formula is C12H14K2N2O5. The van der Waals surface area contributed by atoms with E-state index in [2.05, 4.69) is 5.43 Å². The average molecular weight is 344 g/mol. The topological polar surface area (TPSA) is 116 Å². The molecule has 1 atom stereocenters. The van der Waals surface area contributed by atoms with Gasteiger partial charge in [0.25, 0.3) is 0 Å². The first-order valence-corrected chi connectivity index (χ1v) is 5.51. The van der Waals surface area contributed by atoms with E-state index in [1.165, 1.54) is 0 Å². The van der Waals surface area contributed by atoms with E-state index in [9.17, 15) is 9.90 Å². The standard InChI is InChI=1S/C11H14N2O2.CH2O3.2K/c1-11(8-14)7-13(12-10(11)15)9-5-3-2-4-6-9;2-1(3)4;;/h2-6,14H,7-8H2,1H3,(H,12,15);(H2,2,3,4);;/q;;2*+1/p-2. The molecule has 0 aliphatic carbocycles. The van der Waals surface area contributed by atoms with E-state index in [0.29, 0.717) is 6.54 Å². The minimum absolute atomic E-state index is 0. The van der Waals surface area contributed by atoms with E-state index in [0.717, 1.165) is 5.69 Å². The van der Waals surface area contributed by atoms with Crippen LogP contribution in [0.25, 0.3) is 0 Å². The first-order valence-electron chi connectivity index (χ1n) is 5.51. The SMILES string of the molecule is CC1(CO)CN(c2ccccc2)NC1=O.O=C([O-])[O-].[K+].[K+]. The Bertz CT molecular complexity index is 456. The second-order valence-corrected chi connectivity index (χ2v) is 4.33. The molecule has 1 amide bonds. The summed E-state index contributed by atoms with van der Waals surface area (Å²) in [6.45, 7) is 2.11. The number of nitrogens with one attached hydrogen (secondary N) is 1. The Labute approximate surface area is 207 Å². The molecule has 1 aromatic rings. The number of carbonyl (C=O) groups is 2. The molecule has 2 rings (SSSR count). The molecule has 21 heavy (non-hydrogen) atoms. The number of carboxylic acid groups (broad SMARTS) is 2. The molecule has 1 aliphatic rings. The van der Waals surface area contributed by atoms with Gasteiger partial charge < -0.3 is 20.1 Å². The van der Waals surface area contributed by atoms with Gasteiger partial charge in [0.05, 0.1) is 24.3 Å². The normalized spacial score (nSPS) is 19.3. The molecule has 1 aliphatic heterocycles. The van der Waals surface area contributed by atoms with E-state index in [4.69, 9.17) is 15.0 Å². The number of para-hydroxylation sites is 1. The van der Waals surface area contributed by atoms with Crippen molar-refractivity contribution in [2.45, 2.75) is 6.92 Å². The van der Waals surface area contributed by atoms with Crippen molar-refractivity contribution in [3.05, 3.63) is 30.3 Å². The number of benzene rings is 1. The zero-order valence-electron chi connectivity index (χ0n) is 12.3. The summed E-state index contributed by atoms with van der Waals surface area (Å²) in [5.41, 5.74) is 2.98. The molecule has 104 valence electrons. The Morgan fingerprint density at radius 2 is 1.81 bits per heavy atom. The zero-order valence-corrected chi connectivity index (χ0v) is 18.6. The molecule has 0 spiro atoms. The maximum absolute atomic E-state index is 11.6. The predicted molar refractivity (Wildman–Crippen MR) is 62.5 cm³/mol. The summed E-state index contributed by atoms with van der Waals surface area (Å²) >= 11 is 0. The van der Waals surface area contributed by atoms with Crippen LogP contribution >= 0.6 is 0 Å². The zero-order chi connectivity index (χ0) is 14.5. The molecule has 1 saturated heterocycles. The van der Waals surface area contributed by atoms with Crippen molar-refractivity contribution in [2.24, 2.45) is 5.41 Å². The van der Waals surface area contributed by atoms with Crippen molar-refractivity contribution < 1.29 is 128 Å². The van der Waals surface area contributed by atoms with Crippen molar-refractivity contribution >= 4 is 17.7 Å². The van der Waals surface area contributed by atoms with Crippen LogP contribution in [0.3, 0.4) is 0 Å². The van der Waals surface area contributed by atoms with Gasteiger partial charge in [-0.2, -0.15) is 0 Å². The van der Waals surface area contributed by atoms with Gasteiger partial charge in [0.2, 0.25) is 5.91 Å². The summed E-state index contributed by atoms with van der Waals surface area (Å²) in [5, 5.41) is 27.6. The van der Waals surface area contributed by atoms with E-state index in [-0.39, 0.29) is 115 Å². The maximum Gasteiger partial charge on any atom is 1.00 e. The molecule has 0 aromatic heterocycles. The van der Waals surface area contributed by atoms with Crippen LogP contribution in [0, 0.1) is 5.41 Å². The molecule has 2 N–H and O–H groups in total. The van der Waals surface area contributed by atoms with Crippen molar-refractivity contribution in [1.29, 1.82) is 0 Å². The first kappa shape index (κ1) is 24.2. The minimum atomic E-state index is -2.33. The van der Waals surface area contributed by atoms with Gasteiger partial charge in [0.1, 0.15) is 0 Å². The number of rotatable bonds is 2. The van der Waals surface area contributed by atoms with Crippen LogP contribution in [0.4, 0.5) is 10.5 Å². The second-order valence-electron chi connectivity index (χ2n) is 4.33. The van der Waals surface area contributed by atoms with Crippen molar-refractivity contribution in [3.8, 4) is 0 Å². The fourth-order valence-electron chi connectivity index (χ4n) is 1.60. The van der Waals surface area contributed by atoms with Gasteiger partial charge in [-0.25, -0.2) is 0 Å². The smallest absolute Gasteiger partial charge is 0.652 e. The van der Waals surface area contributed by atoms with Gasteiger partial charge >= 0.3 is 103 Å². The molecule has 0 saturated carbocycles. The van der Waals surface area contributed by atoms with Gasteiger partial charge in [-0.15, -0.1) is 0 Å². The molecule has 1 unspecified atom stereocenters. The van der Waals surface area contributed by atoms with Crippen LogP contribution in [0.1, 0.15) is 6.92 Å². The van der Waals surface area contributed by atoms with Gasteiger partial charge in [0.15, 0.2) is 0 Å². The number of hydrazine groups is 1. The molecule has 7 nitrogen and oxygen atoms in total. The van der Waals surface area contributed by atoms with E-state index < -0.39 is 11.6 Å². The summed E-state index contributed by atoms with van der Waals surface area (Å²) in [6.07, 6.45) is -2.33. The molecule has 1 heterocycles. The maximum atomic E-state index is 11.6. The third-order valence-corrected chi connectivity index (χ3v) is 2.71. The number of aliphatic hydroxyl groups is 1. The summed E-state index contributed by atoms with van der Waals surface area (Å²) < 4.78 is 0. The van der Waals surface area contributed by atoms with Gasteiger partial charge in [-0.1, -0.05) is 18.2 Å². The fraction of sp³-hybridized carbons (Fsp3) is 0.333. The number of hydrogen-bond acceptors (Lipinski definition) is 6. The number of nitrogens with zero attached hydrogens (tertiary/aromatic N) is 1. The summed E-state index contributed by atoms with van der Waals surface area (Å²) in [4.78, 5) is 19.9. The average Bonchev–Trinajstić information content (AvgIpc) is 2.67. The molecule has 0 radical (unpaired) electrons. The van der Waals surface area contributed by atoms with Crippen LogP contribution in [0.2, 0.25) is 0 Å². The predicted octanol–water partition coefficient (Wildman–Crippen LogP) is -7.90. The number of amides is 1. The van der Waals surface area contributed by atoms with E-state index in [1.807, 2.05) is 30.3 Å². The molecular weight excluding hydrogens is 330 g/mol.